The van der Waals surface area contributed by atoms with E-state index in [0.717, 1.165) is 36.4 Å². The number of aromatic nitrogens is 1. The van der Waals surface area contributed by atoms with Crippen molar-refractivity contribution in [1.82, 2.24) is 21.1 Å². The van der Waals surface area contributed by atoms with Crippen molar-refractivity contribution in [3.8, 4) is 0 Å². The summed E-state index contributed by atoms with van der Waals surface area (Å²) in [5.41, 5.74) is 2.60. The summed E-state index contributed by atoms with van der Waals surface area (Å²) in [6, 6.07) is 9.48. The van der Waals surface area contributed by atoms with E-state index in [0.29, 0.717) is 30.5 Å². The standard InChI is InChI=1S/C21H31N5O2/c1-5-16(6-2)19-12-18(28-26-19)14-25-21(23-7-3)24-13-15-9-8-10-17(11-15)20(27)22-4/h8-12,16H,5-7,13-14H2,1-4H3,(H,22,27)(H2,23,24,25). The van der Waals surface area contributed by atoms with Gasteiger partial charge in [0.2, 0.25) is 0 Å². The van der Waals surface area contributed by atoms with Gasteiger partial charge in [0.25, 0.3) is 5.91 Å². The fraction of sp³-hybridized carbons (Fsp3) is 0.476. The van der Waals surface area contributed by atoms with Gasteiger partial charge in [-0.25, -0.2) is 4.99 Å². The Morgan fingerprint density at radius 2 is 1.96 bits per heavy atom. The van der Waals surface area contributed by atoms with Crippen molar-refractivity contribution in [3.63, 3.8) is 0 Å². The lowest BCUT2D eigenvalue weighted by atomic mass is 9.99. The van der Waals surface area contributed by atoms with Crippen LogP contribution in [0.15, 0.2) is 39.8 Å². The predicted octanol–water partition coefficient (Wildman–Crippen LogP) is 3.19. The molecule has 0 spiro atoms. The monoisotopic (exact) mass is 385 g/mol. The number of hydrogen-bond donors (Lipinski definition) is 3. The second-order valence-corrected chi connectivity index (χ2v) is 6.56. The maximum atomic E-state index is 11.8. The van der Waals surface area contributed by atoms with Gasteiger partial charge in [-0.2, -0.15) is 0 Å². The molecule has 0 unspecified atom stereocenters. The van der Waals surface area contributed by atoms with Crippen molar-refractivity contribution in [2.45, 2.75) is 52.6 Å². The van der Waals surface area contributed by atoms with Crippen molar-refractivity contribution in [2.75, 3.05) is 13.6 Å². The number of rotatable bonds is 9. The van der Waals surface area contributed by atoms with E-state index < -0.39 is 0 Å². The molecule has 7 nitrogen and oxygen atoms in total. The Morgan fingerprint density at radius 3 is 2.64 bits per heavy atom. The molecule has 3 N–H and O–H groups in total. The summed E-state index contributed by atoms with van der Waals surface area (Å²) in [7, 11) is 1.62. The molecule has 0 aliphatic heterocycles. The molecule has 0 radical (unpaired) electrons. The first-order chi connectivity index (χ1) is 13.6. The first-order valence-electron chi connectivity index (χ1n) is 9.89. The lowest BCUT2D eigenvalue weighted by Gasteiger charge is -2.10. The van der Waals surface area contributed by atoms with Crippen LogP contribution < -0.4 is 16.0 Å². The molecule has 0 aliphatic rings. The minimum Gasteiger partial charge on any atom is -0.359 e. The largest absolute Gasteiger partial charge is 0.359 e. The lowest BCUT2D eigenvalue weighted by Crippen LogP contribution is -2.36. The number of carbonyl (C=O) groups excluding carboxylic acids is 1. The van der Waals surface area contributed by atoms with E-state index in [9.17, 15) is 4.79 Å². The van der Waals surface area contributed by atoms with E-state index in [1.54, 1.807) is 13.1 Å². The molecule has 0 saturated heterocycles. The van der Waals surface area contributed by atoms with Crippen molar-refractivity contribution >= 4 is 11.9 Å². The van der Waals surface area contributed by atoms with Crippen LogP contribution in [0, 0.1) is 0 Å². The average molecular weight is 386 g/mol. The van der Waals surface area contributed by atoms with Gasteiger partial charge in [0.1, 0.15) is 0 Å². The molecule has 7 heteroatoms. The molecule has 1 amide bonds. The number of amides is 1. The zero-order valence-corrected chi connectivity index (χ0v) is 17.2. The van der Waals surface area contributed by atoms with E-state index in [1.807, 2.05) is 31.2 Å². The van der Waals surface area contributed by atoms with Gasteiger partial charge < -0.3 is 20.5 Å². The summed E-state index contributed by atoms with van der Waals surface area (Å²) in [4.78, 5) is 16.4. The van der Waals surface area contributed by atoms with Crippen LogP contribution in [0.4, 0.5) is 0 Å². The molecule has 1 aromatic heterocycles. The summed E-state index contributed by atoms with van der Waals surface area (Å²) >= 11 is 0. The lowest BCUT2D eigenvalue weighted by molar-refractivity contribution is 0.0963. The molecule has 1 aromatic carbocycles. The van der Waals surface area contributed by atoms with E-state index in [4.69, 9.17) is 4.52 Å². The van der Waals surface area contributed by atoms with Crippen LogP contribution in [-0.2, 0) is 13.1 Å². The Kier molecular flexibility index (Phi) is 8.52. The molecular weight excluding hydrogens is 354 g/mol. The third-order valence-electron chi connectivity index (χ3n) is 4.59. The van der Waals surface area contributed by atoms with Gasteiger partial charge in [0.15, 0.2) is 11.7 Å². The first-order valence-corrected chi connectivity index (χ1v) is 9.89. The van der Waals surface area contributed by atoms with Gasteiger partial charge in [-0.1, -0.05) is 31.1 Å². The third-order valence-corrected chi connectivity index (χ3v) is 4.59. The summed E-state index contributed by atoms with van der Waals surface area (Å²) in [5, 5.41) is 13.3. The molecule has 0 bridgehead atoms. The van der Waals surface area contributed by atoms with Crippen LogP contribution >= 0.6 is 0 Å². The number of hydrogen-bond acceptors (Lipinski definition) is 4. The number of carbonyl (C=O) groups is 1. The maximum Gasteiger partial charge on any atom is 0.251 e. The van der Waals surface area contributed by atoms with Crippen LogP contribution in [0.3, 0.4) is 0 Å². The summed E-state index contributed by atoms with van der Waals surface area (Å²) in [6.07, 6.45) is 2.10. The van der Waals surface area contributed by atoms with Crippen LogP contribution in [0.2, 0.25) is 0 Å². The van der Waals surface area contributed by atoms with Crippen LogP contribution in [0.5, 0.6) is 0 Å². The maximum absolute atomic E-state index is 11.8. The normalized spacial score (nSPS) is 11.5. The number of guanidine groups is 1. The smallest absolute Gasteiger partial charge is 0.251 e. The van der Waals surface area contributed by atoms with Gasteiger partial charge in [-0.15, -0.1) is 0 Å². The Balaban J connectivity index is 2.00. The van der Waals surface area contributed by atoms with Crippen LogP contribution in [0.25, 0.3) is 0 Å². The molecule has 0 atom stereocenters. The number of benzene rings is 1. The number of nitrogens with one attached hydrogen (secondary N) is 3. The summed E-state index contributed by atoms with van der Waals surface area (Å²) in [6.45, 7) is 8.07. The molecule has 152 valence electrons. The number of nitrogens with zero attached hydrogens (tertiary/aromatic N) is 2. The highest BCUT2D eigenvalue weighted by molar-refractivity contribution is 5.94. The van der Waals surface area contributed by atoms with Gasteiger partial charge in [-0.05, 0) is 37.5 Å². The fourth-order valence-electron chi connectivity index (χ4n) is 2.95. The SMILES string of the molecule is CCNC(=NCc1cccc(C(=O)NC)c1)NCc1cc(C(CC)CC)no1. The van der Waals surface area contributed by atoms with Crippen molar-refractivity contribution < 1.29 is 9.32 Å². The zero-order chi connectivity index (χ0) is 20.4. The second kappa shape index (κ2) is 11.1. The van der Waals surface area contributed by atoms with Crippen molar-refractivity contribution in [2.24, 2.45) is 4.99 Å². The van der Waals surface area contributed by atoms with Gasteiger partial charge in [0, 0.05) is 31.1 Å². The molecule has 1 heterocycles. The minimum absolute atomic E-state index is 0.102. The van der Waals surface area contributed by atoms with Gasteiger partial charge >= 0.3 is 0 Å². The molecule has 2 rings (SSSR count). The Labute approximate surface area is 167 Å². The Bertz CT molecular complexity index is 781. The average Bonchev–Trinajstić information content (AvgIpc) is 3.19. The highest BCUT2D eigenvalue weighted by atomic mass is 16.5. The molecule has 0 fully saturated rings. The quantitative estimate of drug-likeness (QED) is 0.455. The van der Waals surface area contributed by atoms with Crippen molar-refractivity contribution in [3.05, 3.63) is 52.9 Å². The van der Waals surface area contributed by atoms with Crippen LogP contribution in [-0.4, -0.2) is 30.6 Å². The molecule has 0 aliphatic carbocycles. The molecular formula is C21H31N5O2. The van der Waals surface area contributed by atoms with E-state index in [2.05, 4.69) is 39.9 Å². The van der Waals surface area contributed by atoms with E-state index >= 15 is 0 Å². The third kappa shape index (κ3) is 6.11. The molecule has 2 aromatic rings. The number of aliphatic imine (C=N–C) groups is 1. The fourth-order valence-corrected chi connectivity index (χ4v) is 2.95. The highest BCUT2D eigenvalue weighted by Crippen LogP contribution is 2.22. The first kappa shape index (κ1) is 21.5. The Hall–Kier alpha value is -2.83. The highest BCUT2D eigenvalue weighted by Gasteiger charge is 2.13. The topological polar surface area (TPSA) is 91.5 Å². The van der Waals surface area contributed by atoms with Gasteiger partial charge in [0.05, 0.1) is 18.8 Å². The van der Waals surface area contributed by atoms with Crippen molar-refractivity contribution in [1.29, 1.82) is 0 Å². The summed E-state index contributed by atoms with van der Waals surface area (Å²) < 4.78 is 5.46. The summed E-state index contributed by atoms with van der Waals surface area (Å²) in [5.74, 6) is 1.81. The van der Waals surface area contributed by atoms with E-state index in [-0.39, 0.29) is 5.91 Å². The second-order valence-electron chi connectivity index (χ2n) is 6.56. The van der Waals surface area contributed by atoms with Crippen LogP contribution in [0.1, 0.15) is 66.9 Å². The zero-order valence-electron chi connectivity index (χ0n) is 17.2. The van der Waals surface area contributed by atoms with E-state index in [1.165, 1.54) is 0 Å². The molecule has 0 saturated carbocycles. The Morgan fingerprint density at radius 1 is 1.18 bits per heavy atom. The molecule has 28 heavy (non-hydrogen) atoms. The minimum atomic E-state index is -0.102. The van der Waals surface area contributed by atoms with Gasteiger partial charge in [-0.3, -0.25) is 4.79 Å². The predicted molar refractivity (Wildman–Crippen MR) is 111 cm³/mol.